The quantitative estimate of drug-likeness (QED) is 0.585. The van der Waals surface area contributed by atoms with Crippen LogP contribution >= 0.6 is 0 Å². The van der Waals surface area contributed by atoms with Gasteiger partial charge in [-0.1, -0.05) is 0 Å². The molecule has 1 unspecified atom stereocenters. The van der Waals surface area contributed by atoms with E-state index in [1.165, 1.54) is 0 Å². The minimum atomic E-state index is -0.355. The highest BCUT2D eigenvalue weighted by Gasteiger charge is 2.29. The Morgan fingerprint density at radius 3 is 3.06 bits per heavy atom. The van der Waals surface area contributed by atoms with Crippen LogP contribution in [0.4, 0.5) is 0 Å². The van der Waals surface area contributed by atoms with Crippen molar-refractivity contribution in [2.24, 2.45) is 5.92 Å². The Bertz CT molecular complexity index is 485. The Morgan fingerprint density at radius 2 is 2.33 bits per heavy atom. The summed E-state index contributed by atoms with van der Waals surface area (Å²) in [6.45, 7) is 3.90. The zero-order valence-corrected chi connectivity index (χ0v) is 10.6. The molecule has 5 nitrogen and oxygen atoms in total. The van der Waals surface area contributed by atoms with Crippen LogP contribution in [0.15, 0.2) is 6.20 Å². The fraction of sp³-hybridized carbons (Fsp3) is 0.538. The van der Waals surface area contributed by atoms with Crippen molar-refractivity contribution in [1.82, 2.24) is 9.97 Å². The molecule has 5 heteroatoms. The Balaban J connectivity index is 2.21. The summed E-state index contributed by atoms with van der Waals surface area (Å²) < 4.78 is 4.98. The number of esters is 1. The molecule has 0 aromatic carbocycles. The van der Waals surface area contributed by atoms with Gasteiger partial charge in [0.05, 0.1) is 23.8 Å². The van der Waals surface area contributed by atoms with Crippen molar-refractivity contribution in [1.29, 1.82) is 0 Å². The molecule has 1 aliphatic carbocycles. The molecule has 0 fully saturated rings. The largest absolute Gasteiger partial charge is 0.466 e. The summed E-state index contributed by atoms with van der Waals surface area (Å²) in [5.41, 5.74) is 1.30. The predicted molar refractivity (Wildman–Crippen MR) is 64.2 cm³/mol. The van der Waals surface area contributed by atoms with Gasteiger partial charge in [0.1, 0.15) is 5.82 Å². The van der Waals surface area contributed by atoms with Crippen molar-refractivity contribution in [3.63, 3.8) is 0 Å². The molecule has 1 heterocycles. The van der Waals surface area contributed by atoms with Crippen LogP contribution in [0, 0.1) is 12.8 Å². The molecule has 0 spiro atoms. The summed E-state index contributed by atoms with van der Waals surface area (Å²) in [6.07, 6.45) is 2.98. The molecule has 1 aromatic heterocycles. The van der Waals surface area contributed by atoms with Gasteiger partial charge < -0.3 is 4.74 Å². The molecule has 1 aliphatic rings. The first-order valence-electron chi connectivity index (χ1n) is 6.14. The van der Waals surface area contributed by atoms with E-state index >= 15 is 0 Å². The topological polar surface area (TPSA) is 69.2 Å². The number of carbonyl (C=O) groups is 2. The molecule has 0 radical (unpaired) electrons. The van der Waals surface area contributed by atoms with E-state index in [1.54, 1.807) is 20.0 Å². The predicted octanol–water partition coefficient (Wildman–Crippen LogP) is 1.48. The van der Waals surface area contributed by atoms with Gasteiger partial charge in [-0.25, -0.2) is 9.97 Å². The van der Waals surface area contributed by atoms with E-state index in [0.29, 0.717) is 30.8 Å². The molecule has 0 N–H and O–H groups in total. The van der Waals surface area contributed by atoms with Gasteiger partial charge in [0, 0.05) is 12.6 Å². The lowest BCUT2D eigenvalue weighted by Crippen LogP contribution is -2.20. The van der Waals surface area contributed by atoms with Crippen LogP contribution in [-0.4, -0.2) is 28.3 Å². The SMILES string of the molecule is CCOC(=O)C1CCc2nc(C)ncc2C(=O)C1. The van der Waals surface area contributed by atoms with Gasteiger partial charge in [0.2, 0.25) is 0 Å². The van der Waals surface area contributed by atoms with Crippen LogP contribution in [0.1, 0.15) is 41.6 Å². The second kappa shape index (κ2) is 5.25. The van der Waals surface area contributed by atoms with Crippen LogP contribution in [-0.2, 0) is 16.0 Å². The third-order valence-corrected chi connectivity index (χ3v) is 3.07. The molecule has 0 amide bonds. The standard InChI is InChI=1S/C13H16N2O3/c1-3-18-13(17)9-4-5-11-10(12(16)6-9)7-14-8(2)15-11/h7,9H,3-6H2,1-2H3. The number of ketones is 1. The van der Waals surface area contributed by atoms with Gasteiger partial charge >= 0.3 is 5.97 Å². The van der Waals surface area contributed by atoms with Crippen molar-refractivity contribution in [3.8, 4) is 0 Å². The van der Waals surface area contributed by atoms with Crippen LogP contribution < -0.4 is 0 Å². The molecule has 1 atom stereocenters. The number of rotatable bonds is 2. The summed E-state index contributed by atoms with van der Waals surface area (Å²) in [5.74, 6) is -0.0630. The molecular weight excluding hydrogens is 232 g/mol. The summed E-state index contributed by atoms with van der Waals surface area (Å²) in [4.78, 5) is 32.1. The molecule has 0 saturated carbocycles. The number of hydrogen-bond acceptors (Lipinski definition) is 5. The second-order valence-corrected chi connectivity index (χ2v) is 4.39. The first kappa shape index (κ1) is 12.7. The minimum Gasteiger partial charge on any atom is -0.466 e. The molecule has 18 heavy (non-hydrogen) atoms. The van der Waals surface area contributed by atoms with E-state index in [2.05, 4.69) is 9.97 Å². The molecule has 0 bridgehead atoms. The number of ether oxygens (including phenoxy) is 1. The highest BCUT2D eigenvalue weighted by atomic mass is 16.5. The summed E-state index contributed by atoms with van der Waals surface area (Å²) >= 11 is 0. The van der Waals surface area contributed by atoms with Gasteiger partial charge in [-0.05, 0) is 26.7 Å². The van der Waals surface area contributed by atoms with Gasteiger partial charge in [0.25, 0.3) is 0 Å². The maximum absolute atomic E-state index is 12.0. The van der Waals surface area contributed by atoms with E-state index in [0.717, 1.165) is 5.69 Å². The van der Waals surface area contributed by atoms with Gasteiger partial charge in [-0.15, -0.1) is 0 Å². The molecular formula is C13H16N2O3. The zero-order chi connectivity index (χ0) is 13.1. The normalized spacial score (nSPS) is 19.0. The Kier molecular flexibility index (Phi) is 3.69. The van der Waals surface area contributed by atoms with Crippen molar-refractivity contribution in [2.45, 2.75) is 33.1 Å². The average Bonchev–Trinajstić information content (AvgIpc) is 2.49. The Hall–Kier alpha value is -1.78. The fourth-order valence-corrected chi connectivity index (χ4v) is 2.15. The van der Waals surface area contributed by atoms with E-state index in [9.17, 15) is 9.59 Å². The van der Waals surface area contributed by atoms with Crippen LogP contribution in [0.25, 0.3) is 0 Å². The fourth-order valence-electron chi connectivity index (χ4n) is 2.15. The Morgan fingerprint density at radius 1 is 1.56 bits per heavy atom. The van der Waals surface area contributed by atoms with Crippen LogP contribution in [0.5, 0.6) is 0 Å². The first-order chi connectivity index (χ1) is 8.61. The summed E-state index contributed by atoms with van der Waals surface area (Å²) in [6, 6.07) is 0. The smallest absolute Gasteiger partial charge is 0.309 e. The van der Waals surface area contributed by atoms with Gasteiger partial charge in [0.15, 0.2) is 5.78 Å². The second-order valence-electron chi connectivity index (χ2n) is 4.39. The molecule has 0 aliphatic heterocycles. The number of aromatic nitrogens is 2. The lowest BCUT2D eigenvalue weighted by Gasteiger charge is -2.10. The molecule has 0 saturated heterocycles. The van der Waals surface area contributed by atoms with E-state index < -0.39 is 0 Å². The maximum atomic E-state index is 12.0. The van der Waals surface area contributed by atoms with Crippen molar-refractivity contribution < 1.29 is 14.3 Å². The van der Waals surface area contributed by atoms with Crippen LogP contribution in [0.3, 0.4) is 0 Å². The molecule has 1 aromatic rings. The number of nitrogens with zero attached hydrogens (tertiary/aromatic N) is 2. The van der Waals surface area contributed by atoms with E-state index in [4.69, 9.17) is 4.74 Å². The van der Waals surface area contributed by atoms with Crippen LogP contribution in [0.2, 0.25) is 0 Å². The lowest BCUT2D eigenvalue weighted by atomic mass is 9.99. The molecule has 2 rings (SSSR count). The molecule has 96 valence electrons. The van der Waals surface area contributed by atoms with E-state index in [1.807, 2.05) is 0 Å². The first-order valence-corrected chi connectivity index (χ1v) is 6.14. The van der Waals surface area contributed by atoms with Gasteiger partial charge in [-0.3, -0.25) is 9.59 Å². The van der Waals surface area contributed by atoms with Gasteiger partial charge in [-0.2, -0.15) is 0 Å². The third kappa shape index (κ3) is 2.55. The minimum absolute atomic E-state index is 0.0689. The number of fused-ring (bicyclic) bond motifs is 1. The number of hydrogen-bond donors (Lipinski definition) is 0. The highest BCUT2D eigenvalue weighted by Crippen LogP contribution is 2.24. The number of Topliss-reactive ketones (excluding diaryl/α,β-unsaturated/α-hetero) is 1. The van der Waals surface area contributed by atoms with E-state index in [-0.39, 0.29) is 24.1 Å². The zero-order valence-electron chi connectivity index (χ0n) is 10.6. The third-order valence-electron chi connectivity index (χ3n) is 3.07. The highest BCUT2D eigenvalue weighted by molar-refractivity contribution is 5.99. The number of carbonyl (C=O) groups excluding carboxylic acids is 2. The summed E-state index contributed by atoms with van der Waals surface area (Å²) in [5, 5.41) is 0. The monoisotopic (exact) mass is 248 g/mol. The van der Waals surface area contributed by atoms with Crippen molar-refractivity contribution in [3.05, 3.63) is 23.3 Å². The number of aryl methyl sites for hydroxylation is 2. The maximum Gasteiger partial charge on any atom is 0.309 e. The Labute approximate surface area is 106 Å². The lowest BCUT2D eigenvalue weighted by molar-refractivity contribution is -0.148. The van der Waals surface area contributed by atoms with Crippen molar-refractivity contribution in [2.75, 3.05) is 6.61 Å². The summed E-state index contributed by atoms with van der Waals surface area (Å²) in [7, 11) is 0. The van der Waals surface area contributed by atoms with Crippen molar-refractivity contribution >= 4 is 11.8 Å². The average molecular weight is 248 g/mol.